The number of hydrogen-bond acceptors (Lipinski definition) is 20. The number of carbonyl (C=O) groups excluding carboxylic acids is 1. The lowest BCUT2D eigenvalue weighted by Crippen LogP contribution is -2.76. The van der Waals surface area contributed by atoms with Gasteiger partial charge in [-0.3, -0.25) is 4.79 Å². The fourth-order valence-electron chi connectivity index (χ4n) is 7.27. The highest BCUT2D eigenvalue weighted by atomic mass is 16.6. The molecule has 2 rings (SSSR count). The Kier molecular flexibility index (Phi) is 27.5. The van der Waals surface area contributed by atoms with Crippen molar-refractivity contribution in [2.75, 3.05) is 47.1 Å². The van der Waals surface area contributed by atoms with Crippen LogP contribution in [0.3, 0.4) is 0 Å². The first-order valence-electron chi connectivity index (χ1n) is 21.2. The van der Waals surface area contributed by atoms with Crippen LogP contribution in [0.15, 0.2) is 0 Å². The molecule has 2 heterocycles. The first kappa shape index (κ1) is 70.2. The van der Waals surface area contributed by atoms with E-state index < -0.39 is 131 Å². The zero-order valence-electron chi connectivity index (χ0n) is 41.4. The van der Waals surface area contributed by atoms with Gasteiger partial charge in [-0.15, -0.1) is 0 Å². The molecule has 0 aromatic heterocycles. The number of hydrogen-bond donors (Lipinski definition) is 18. The van der Waals surface area contributed by atoms with Crippen LogP contribution in [0.25, 0.3) is 0 Å². The van der Waals surface area contributed by atoms with Gasteiger partial charge in [0, 0.05) is 18.9 Å². The van der Waals surface area contributed by atoms with Crippen molar-refractivity contribution in [2.24, 2.45) is 11.8 Å². The van der Waals surface area contributed by atoms with Gasteiger partial charge in [-0.05, 0) is 103 Å². The third-order valence-electron chi connectivity index (χ3n) is 14.8. The maximum atomic E-state index is 11.2. The molecule has 65 heavy (non-hydrogen) atoms. The number of nitrogens with one attached hydrogen (secondary N) is 2. The van der Waals surface area contributed by atoms with Crippen LogP contribution in [0.4, 0.5) is 0 Å². The van der Waals surface area contributed by atoms with Gasteiger partial charge in [0.1, 0.15) is 58.0 Å². The number of aliphatic hydroxyl groups is 16. The van der Waals surface area contributed by atoms with Crippen LogP contribution < -0.4 is 10.6 Å². The lowest BCUT2D eigenvalue weighted by Gasteiger charge is -2.57. The Morgan fingerprint density at radius 3 is 1.14 bits per heavy atom. The molecule has 23 nitrogen and oxygen atoms in total. The topological polar surface area (TPSA) is 446 Å². The van der Waals surface area contributed by atoms with E-state index in [0.29, 0.717) is 13.0 Å². The molecular weight excluding hydrogens is 868 g/mol. The Bertz CT molecular complexity index is 1320. The number of aliphatic hydroxyl groups excluding tert-OH is 6. The van der Waals surface area contributed by atoms with Crippen molar-refractivity contribution in [3.8, 4) is 0 Å². The molecule has 0 bridgehead atoms. The highest BCUT2D eigenvalue weighted by molar-refractivity contribution is 5.76. The van der Waals surface area contributed by atoms with Gasteiger partial charge in [0.05, 0.1) is 67.5 Å². The minimum atomic E-state index is -1.76. The maximum Gasteiger partial charge on any atom is 0.222 e. The number of ether oxygens (including phenoxy) is 2. The van der Waals surface area contributed by atoms with Crippen molar-refractivity contribution in [3.63, 3.8) is 0 Å². The van der Waals surface area contributed by atoms with E-state index in [2.05, 4.69) is 10.6 Å². The summed E-state index contributed by atoms with van der Waals surface area (Å²) in [5.41, 5.74) is -15.9. The monoisotopic (exact) mass is 961 g/mol. The van der Waals surface area contributed by atoms with E-state index in [1.807, 2.05) is 0 Å². The van der Waals surface area contributed by atoms with Crippen molar-refractivity contribution >= 4 is 5.91 Å². The smallest absolute Gasteiger partial charge is 0.222 e. The molecule has 23 heteroatoms. The van der Waals surface area contributed by atoms with Crippen LogP contribution in [-0.2, 0) is 14.3 Å². The second kappa shape index (κ2) is 25.5. The molecule has 0 saturated carbocycles. The van der Waals surface area contributed by atoms with E-state index >= 15 is 0 Å². The minimum absolute atomic E-state index is 0. The van der Waals surface area contributed by atoms with E-state index in [9.17, 15) is 66.1 Å². The second-order valence-electron chi connectivity index (χ2n) is 19.3. The van der Waals surface area contributed by atoms with Crippen molar-refractivity contribution in [2.45, 2.75) is 202 Å². The van der Waals surface area contributed by atoms with E-state index in [1.54, 1.807) is 34.7 Å². The van der Waals surface area contributed by atoms with Crippen molar-refractivity contribution < 1.29 is 107 Å². The molecule has 2 aliphatic rings. The summed E-state index contributed by atoms with van der Waals surface area (Å²) in [6.45, 7) is 18.9. The molecule has 0 aromatic carbocycles. The Labute approximate surface area is 384 Å². The largest absolute Gasteiger partial charge is 0.412 e. The van der Waals surface area contributed by atoms with Gasteiger partial charge >= 0.3 is 0 Å². The lowest BCUT2D eigenvalue weighted by atomic mass is 9.67. The summed E-state index contributed by atoms with van der Waals surface area (Å²) in [6, 6.07) is 0. The van der Waals surface area contributed by atoms with Crippen LogP contribution in [0, 0.1) is 11.8 Å². The number of rotatable bonds is 15. The quantitative estimate of drug-likeness (QED) is 0.0727. The molecular formula is C42H92N2O21. The predicted molar refractivity (Wildman–Crippen MR) is 238 cm³/mol. The van der Waals surface area contributed by atoms with Gasteiger partial charge in [-0.1, -0.05) is 13.8 Å². The van der Waals surface area contributed by atoms with Crippen LogP contribution in [0.5, 0.6) is 0 Å². The van der Waals surface area contributed by atoms with Gasteiger partial charge < -0.3 is 113 Å². The molecule has 18 unspecified atom stereocenters. The highest BCUT2D eigenvalue weighted by Gasteiger charge is 2.65. The molecule has 2 saturated heterocycles. The molecule has 0 aromatic rings. The SMILES string of the molecule is CC1OC(CO)C(C)(O)C(C)(O)C1(C)O.CC1OC(CO)C(C)(O)C(C)(O)C1(C)O.CNC(=O)CC(C)(O)C(C)C(C)(O)C(O)CO.CNCCC(C)(O)C(C)C(C)(O)C(O)CO.O.O. The molecule has 22 N–H and O–H groups in total. The van der Waals surface area contributed by atoms with Crippen LogP contribution in [0.1, 0.15) is 110 Å². The zero-order chi connectivity index (χ0) is 51.0. The zero-order valence-corrected chi connectivity index (χ0v) is 41.4. The Morgan fingerprint density at radius 2 is 0.892 bits per heavy atom. The highest BCUT2D eigenvalue weighted by Crippen LogP contribution is 2.45. The van der Waals surface area contributed by atoms with Crippen molar-refractivity contribution in [1.29, 1.82) is 0 Å². The van der Waals surface area contributed by atoms with Gasteiger partial charge in [0.15, 0.2) is 0 Å². The normalized spacial score (nSPS) is 37.7. The summed E-state index contributed by atoms with van der Waals surface area (Å²) >= 11 is 0. The number of amides is 1. The lowest BCUT2D eigenvalue weighted by molar-refractivity contribution is -0.340. The van der Waals surface area contributed by atoms with Gasteiger partial charge in [-0.2, -0.15) is 0 Å². The molecule has 396 valence electrons. The second-order valence-corrected chi connectivity index (χ2v) is 19.3. The van der Waals surface area contributed by atoms with Gasteiger partial charge in [-0.25, -0.2) is 0 Å². The molecule has 0 spiro atoms. The first-order valence-corrected chi connectivity index (χ1v) is 21.2. The summed E-state index contributed by atoms with van der Waals surface area (Å²) < 4.78 is 10.6. The molecule has 0 aliphatic carbocycles. The minimum Gasteiger partial charge on any atom is -0.412 e. The fourth-order valence-corrected chi connectivity index (χ4v) is 7.27. The summed E-state index contributed by atoms with van der Waals surface area (Å²) in [5.74, 6) is -1.72. The molecule has 1 amide bonds. The van der Waals surface area contributed by atoms with Gasteiger partial charge in [0.25, 0.3) is 0 Å². The average Bonchev–Trinajstić information content (AvgIpc) is 3.18. The predicted octanol–water partition coefficient (Wildman–Crippen LogP) is -5.91. The fraction of sp³-hybridized carbons (Fsp3) is 0.976. The van der Waals surface area contributed by atoms with Crippen molar-refractivity contribution in [3.05, 3.63) is 0 Å². The summed E-state index contributed by atoms with van der Waals surface area (Å²) in [6.07, 6.45) is -5.56. The Balaban J connectivity index is -0.000000378. The molecule has 2 aliphatic heterocycles. The maximum absolute atomic E-state index is 11.2. The average molecular weight is 961 g/mol. The van der Waals surface area contributed by atoms with Crippen LogP contribution >= 0.6 is 0 Å². The summed E-state index contributed by atoms with van der Waals surface area (Å²) in [5, 5.41) is 162. The molecule has 2 fully saturated rings. The van der Waals surface area contributed by atoms with E-state index in [1.165, 1.54) is 76.3 Å². The Morgan fingerprint density at radius 1 is 0.600 bits per heavy atom. The van der Waals surface area contributed by atoms with Gasteiger partial charge in [0.2, 0.25) is 5.91 Å². The summed E-state index contributed by atoms with van der Waals surface area (Å²) in [4.78, 5) is 11.2. The van der Waals surface area contributed by atoms with E-state index in [4.69, 9.17) is 29.9 Å². The van der Waals surface area contributed by atoms with E-state index in [-0.39, 0.29) is 23.3 Å². The number of carbonyl (C=O) groups is 1. The molecule has 0 radical (unpaired) electrons. The van der Waals surface area contributed by atoms with E-state index in [0.717, 1.165) is 0 Å². The third-order valence-corrected chi connectivity index (χ3v) is 14.8. The Hall–Kier alpha value is -1.37. The standard InChI is InChI=1S/C11H23NO5.C11H25NO4.2C10H20O5.2H2O/c1-7(11(3,17)8(14)6-13)10(2,16)5-9(15)12-4;1-8(10(2,15)5-6-12-4)11(3,16)9(14)7-13;2*1-6-8(2,12)10(4,14)9(3,13)7(5-11)15-6;;/h7-8,13-14,16-17H,5-6H2,1-4H3,(H,12,15);8-9,12-16H,5-7H2,1-4H3;2*6-7,11-14H,5H2,1-4H3;2*1H2. The van der Waals surface area contributed by atoms with Crippen LogP contribution in [-0.4, -0.2) is 238 Å². The summed E-state index contributed by atoms with van der Waals surface area (Å²) in [7, 11) is 3.23. The molecule has 18 atom stereocenters. The third kappa shape index (κ3) is 15.3. The first-order chi connectivity index (χ1) is 28.0. The van der Waals surface area contributed by atoms with Crippen LogP contribution in [0.2, 0.25) is 0 Å². The van der Waals surface area contributed by atoms with Crippen molar-refractivity contribution in [1.82, 2.24) is 10.6 Å².